The first-order valence-electron chi connectivity index (χ1n) is 6.03. The van der Waals surface area contributed by atoms with Gasteiger partial charge in [-0.1, -0.05) is 35.3 Å². The van der Waals surface area contributed by atoms with E-state index < -0.39 is 0 Å². The normalized spacial score (nSPS) is 10.3. The molecule has 1 amide bonds. The molecule has 5 heteroatoms. The molecule has 0 aliphatic heterocycles. The summed E-state index contributed by atoms with van der Waals surface area (Å²) in [5.74, 6) is 0.384. The summed E-state index contributed by atoms with van der Waals surface area (Å²) in [5, 5.41) is 4.26. The fourth-order valence-corrected chi connectivity index (χ4v) is 2.51. The summed E-state index contributed by atoms with van der Waals surface area (Å²) in [5.41, 5.74) is 1.03. The minimum Gasteiger partial charge on any atom is -0.351 e. The van der Waals surface area contributed by atoms with E-state index in [1.165, 1.54) is 11.8 Å². The van der Waals surface area contributed by atoms with Crippen molar-refractivity contribution in [1.29, 1.82) is 0 Å². The van der Waals surface area contributed by atoms with E-state index >= 15 is 0 Å². The van der Waals surface area contributed by atoms with Crippen molar-refractivity contribution in [3.63, 3.8) is 0 Å². The quantitative estimate of drug-likeness (QED) is 0.825. The van der Waals surface area contributed by atoms with Crippen LogP contribution in [0.15, 0.2) is 53.4 Å². The highest BCUT2D eigenvalue weighted by molar-refractivity contribution is 8.00. The predicted octanol–water partition coefficient (Wildman–Crippen LogP) is 4.40. The summed E-state index contributed by atoms with van der Waals surface area (Å²) in [6, 6.07) is 14.9. The molecule has 0 unspecified atom stereocenters. The standard InChI is InChI=1S/C15H13Cl2NOS/c16-12-3-1-11(2-4-12)9-18-15(19)10-20-14-7-5-13(17)6-8-14/h1-8H,9-10H2,(H,18,19). The van der Waals surface area contributed by atoms with Gasteiger partial charge in [-0.15, -0.1) is 11.8 Å². The number of carbonyl (C=O) groups is 1. The number of hydrogen-bond acceptors (Lipinski definition) is 2. The summed E-state index contributed by atoms with van der Waals surface area (Å²) < 4.78 is 0. The zero-order chi connectivity index (χ0) is 14.4. The van der Waals surface area contributed by atoms with Gasteiger partial charge in [-0.3, -0.25) is 4.79 Å². The number of hydrogen-bond donors (Lipinski definition) is 1. The maximum Gasteiger partial charge on any atom is 0.230 e. The van der Waals surface area contributed by atoms with Gasteiger partial charge in [0.15, 0.2) is 0 Å². The number of amides is 1. The average molecular weight is 326 g/mol. The van der Waals surface area contributed by atoms with Gasteiger partial charge in [0, 0.05) is 21.5 Å². The van der Waals surface area contributed by atoms with Gasteiger partial charge in [0.2, 0.25) is 5.91 Å². The van der Waals surface area contributed by atoms with Crippen LogP contribution in [0.3, 0.4) is 0 Å². The van der Waals surface area contributed by atoms with Crippen molar-refractivity contribution in [3.8, 4) is 0 Å². The number of benzene rings is 2. The van der Waals surface area contributed by atoms with Crippen molar-refractivity contribution >= 4 is 40.9 Å². The molecule has 0 bridgehead atoms. The van der Waals surface area contributed by atoms with Gasteiger partial charge < -0.3 is 5.32 Å². The third-order valence-corrected chi connectivity index (χ3v) is 4.10. The first-order valence-corrected chi connectivity index (χ1v) is 7.77. The van der Waals surface area contributed by atoms with E-state index in [0.29, 0.717) is 22.3 Å². The SMILES string of the molecule is O=C(CSc1ccc(Cl)cc1)NCc1ccc(Cl)cc1. The second-order valence-corrected chi connectivity index (χ2v) is 6.07. The van der Waals surface area contributed by atoms with Gasteiger partial charge in [0.1, 0.15) is 0 Å². The molecule has 2 aromatic carbocycles. The van der Waals surface area contributed by atoms with Gasteiger partial charge >= 0.3 is 0 Å². The van der Waals surface area contributed by atoms with Gasteiger partial charge in [0.05, 0.1) is 5.75 Å². The minimum absolute atomic E-state index is 0.0000926. The van der Waals surface area contributed by atoms with Crippen LogP contribution in [0.4, 0.5) is 0 Å². The molecule has 0 saturated heterocycles. The van der Waals surface area contributed by atoms with Crippen LogP contribution in [0.2, 0.25) is 10.0 Å². The Morgan fingerprint density at radius 3 is 2.10 bits per heavy atom. The zero-order valence-electron chi connectivity index (χ0n) is 10.6. The highest BCUT2D eigenvalue weighted by Crippen LogP contribution is 2.20. The molecule has 2 aromatic rings. The molecule has 0 aromatic heterocycles. The number of nitrogens with one attached hydrogen (secondary N) is 1. The maximum absolute atomic E-state index is 11.7. The Labute approximate surface area is 132 Å². The van der Waals surface area contributed by atoms with E-state index in [-0.39, 0.29) is 5.91 Å². The number of halogens is 2. The maximum atomic E-state index is 11.7. The number of carbonyl (C=O) groups excluding carboxylic acids is 1. The van der Waals surface area contributed by atoms with Crippen molar-refractivity contribution in [2.75, 3.05) is 5.75 Å². The van der Waals surface area contributed by atoms with Gasteiger partial charge in [-0.05, 0) is 42.0 Å². The van der Waals surface area contributed by atoms with E-state index in [1.807, 2.05) is 48.5 Å². The lowest BCUT2D eigenvalue weighted by atomic mass is 10.2. The molecular formula is C15H13Cl2NOS. The van der Waals surface area contributed by atoms with E-state index in [9.17, 15) is 4.79 Å². The van der Waals surface area contributed by atoms with Crippen LogP contribution in [0.25, 0.3) is 0 Å². The second-order valence-electron chi connectivity index (χ2n) is 4.15. The summed E-state index contributed by atoms with van der Waals surface area (Å²) in [7, 11) is 0. The highest BCUT2D eigenvalue weighted by Gasteiger charge is 2.03. The molecule has 104 valence electrons. The second kappa shape index (κ2) is 7.58. The van der Waals surface area contributed by atoms with E-state index in [2.05, 4.69) is 5.32 Å². The van der Waals surface area contributed by atoms with Gasteiger partial charge in [-0.2, -0.15) is 0 Å². The van der Waals surface area contributed by atoms with Crippen LogP contribution < -0.4 is 5.32 Å². The largest absolute Gasteiger partial charge is 0.351 e. The molecule has 0 atom stereocenters. The third kappa shape index (κ3) is 5.08. The molecule has 1 N–H and O–H groups in total. The summed E-state index contributed by atoms with van der Waals surface area (Å²) >= 11 is 13.1. The Kier molecular flexibility index (Phi) is 5.77. The smallest absolute Gasteiger partial charge is 0.230 e. The van der Waals surface area contributed by atoms with Crippen molar-refractivity contribution in [2.45, 2.75) is 11.4 Å². The van der Waals surface area contributed by atoms with Crippen LogP contribution in [-0.2, 0) is 11.3 Å². The lowest BCUT2D eigenvalue weighted by Crippen LogP contribution is -2.24. The molecule has 0 aliphatic rings. The van der Waals surface area contributed by atoms with Crippen molar-refractivity contribution < 1.29 is 4.79 Å². The molecule has 0 fully saturated rings. The fraction of sp³-hybridized carbons (Fsp3) is 0.133. The van der Waals surface area contributed by atoms with E-state index in [4.69, 9.17) is 23.2 Å². The molecule has 0 saturated carbocycles. The highest BCUT2D eigenvalue weighted by atomic mass is 35.5. The Morgan fingerprint density at radius 2 is 1.50 bits per heavy atom. The average Bonchev–Trinajstić information content (AvgIpc) is 2.46. The lowest BCUT2D eigenvalue weighted by Gasteiger charge is -2.05. The monoisotopic (exact) mass is 325 g/mol. The molecular weight excluding hydrogens is 313 g/mol. The Bertz CT molecular complexity index is 518. The number of thioether (sulfide) groups is 1. The van der Waals surface area contributed by atoms with E-state index in [1.54, 1.807) is 0 Å². The van der Waals surface area contributed by atoms with E-state index in [0.717, 1.165) is 10.5 Å². The summed E-state index contributed by atoms with van der Waals surface area (Å²) in [6.45, 7) is 0.511. The first-order chi connectivity index (χ1) is 9.63. The van der Waals surface area contributed by atoms with Crippen LogP contribution >= 0.6 is 35.0 Å². The van der Waals surface area contributed by atoms with Crippen molar-refractivity contribution in [1.82, 2.24) is 5.32 Å². The summed E-state index contributed by atoms with van der Waals surface area (Å²) in [4.78, 5) is 12.8. The fourth-order valence-electron chi connectivity index (χ4n) is 1.53. The van der Waals surface area contributed by atoms with Crippen LogP contribution in [0, 0.1) is 0 Å². The van der Waals surface area contributed by atoms with Crippen molar-refractivity contribution in [2.24, 2.45) is 0 Å². The van der Waals surface area contributed by atoms with Gasteiger partial charge in [0.25, 0.3) is 0 Å². The third-order valence-electron chi connectivity index (χ3n) is 2.59. The Morgan fingerprint density at radius 1 is 0.950 bits per heavy atom. The topological polar surface area (TPSA) is 29.1 Å². The number of rotatable bonds is 5. The first kappa shape index (κ1) is 15.2. The summed E-state index contributed by atoms with van der Waals surface area (Å²) in [6.07, 6.45) is 0. The van der Waals surface area contributed by atoms with Crippen LogP contribution in [-0.4, -0.2) is 11.7 Å². The molecule has 0 spiro atoms. The predicted molar refractivity (Wildman–Crippen MR) is 85.5 cm³/mol. The Balaban J connectivity index is 1.75. The lowest BCUT2D eigenvalue weighted by molar-refractivity contribution is -0.118. The van der Waals surface area contributed by atoms with Gasteiger partial charge in [-0.25, -0.2) is 0 Å². The zero-order valence-corrected chi connectivity index (χ0v) is 12.9. The minimum atomic E-state index is -0.0000926. The van der Waals surface area contributed by atoms with Crippen LogP contribution in [0.5, 0.6) is 0 Å². The molecule has 2 nitrogen and oxygen atoms in total. The molecule has 0 heterocycles. The molecule has 0 aliphatic carbocycles. The van der Waals surface area contributed by atoms with Crippen molar-refractivity contribution in [3.05, 3.63) is 64.1 Å². The van der Waals surface area contributed by atoms with Crippen LogP contribution in [0.1, 0.15) is 5.56 Å². The molecule has 0 radical (unpaired) electrons. The molecule has 2 rings (SSSR count). The molecule has 20 heavy (non-hydrogen) atoms. The Hall–Kier alpha value is -1.16.